The predicted molar refractivity (Wildman–Crippen MR) is 72.9 cm³/mol. The second-order valence-electron chi connectivity index (χ2n) is 5.04. The van der Waals surface area contributed by atoms with Crippen LogP contribution in [0.4, 0.5) is 4.39 Å². The summed E-state index contributed by atoms with van der Waals surface area (Å²) in [6, 6.07) is 7.93. The fraction of sp³-hybridized carbons (Fsp3) is 0.267. The van der Waals surface area contributed by atoms with Crippen molar-refractivity contribution in [1.82, 2.24) is 9.47 Å². The number of aromatic hydroxyl groups is 1. The van der Waals surface area contributed by atoms with E-state index in [4.69, 9.17) is 0 Å². The number of nitrogens with zero attached hydrogens (tertiary/aromatic N) is 2. The van der Waals surface area contributed by atoms with Crippen LogP contribution >= 0.6 is 0 Å². The SMILES string of the molecule is O=c1cc2n(cc1O)CCN(Cc1ccc(F)cc1)C2. The zero-order valence-corrected chi connectivity index (χ0v) is 10.9. The van der Waals surface area contributed by atoms with Crippen molar-refractivity contribution >= 4 is 0 Å². The van der Waals surface area contributed by atoms with Crippen molar-refractivity contribution in [2.75, 3.05) is 6.54 Å². The lowest BCUT2D eigenvalue weighted by molar-refractivity contribution is 0.210. The normalized spacial score (nSPS) is 15.1. The molecule has 20 heavy (non-hydrogen) atoms. The summed E-state index contributed by atoms with van der Waals surface area (Å²) in [5, 5.41) is 9.42. The first kappa shape index (κ1) is 12.9. The summed E-state index contributed by atoms with van der Waals surface area (Å²) in [6.07, 6.45) is 1.49. The smallest absolute Gasteiger partial charge is 0.223 e. The molecule has 0 saturated heterocycles. The summed E-state index contributed by atoms with van der Waals surface area (Å²) in [6.45, 7) is 2.92. The second-order valence-corrected chi connectivity index (χ2v) is 5.04. The van der Waals surface area contributed by atoms with Gasteiger partial charge in [-0.1, -0.05) is 12.1 Å². The highest BCUT2D eigenvalue weighted by molar-refractivity contribution is 5.22. The highest BCUT2D eigenvalue weighted by Crippen LogP contribution is 2.16. The third-order valence-corrected chi connectivity index (χ3v) is 3.56. The van der Waals surface area contributed by atoms with Crippen LogP contribution in [0.1, 0.15) is 11.3 Å². The van der Waals surface area contributed by atoms with Gasteiger partial charge in [-0.3, -0.25) is 9.69 Å². The van der Waals surface area contributed by atoms with E-state index >= 15 is 0 Å². The minimum absolute atomic E-state index is 0.208. The van der Waals surface area contributed by atoms with E-state index in [0.29, 0.717) is 6.54 Å². The van der Waals surface area contributed by atoms with Crippen LogP contribution in [-0.2, 0) is 19.6 Å². The molecule has 0 fully saturated rings. The third-order valence-electron chi connectivity index (χ3n) is 3.56. The van der Waals surface area contributed by atoms with Crippen molar-refractivity contribution in [3.63, 3.8) is 0 Å². The Morgan fingerprint density at radius 3 is 2.70 bits per heavy atom. The van der Waals surface area contributed by atoms with E-state index < -0.39 is 0 Å². The van der Waals surface area contributed by atoms with Crippen LogP contribution in [0.5, 0.6) is 5.75 Å². The van der Waals surface area contributed by atoms with Crippen molar-refractivity contribution in [1.29, 1.82) is 0 Å². The summed E-state index contributed by atoms with van der Waals surface area (Å²) < 4.78 is 14.8. The Bertz CT molecular complexity index is 679. The van der Waals surface area contributed by atoms with Crippen LogP contribution in [0.2, 0.25) is 0 Å². The molecule has 0 saturated carbocycles. The first-order chi connectivity index (χ1) is 9.61. The number of hydrogen-bond donors (Lipinski definition) is 1. The van der Waals surface area contributed by atoms with Gasteiger partial charge >= 0.3 is 0 Å². The van der Waals surface area contributed by atoms with Crippen molar-refractivity contribution in [3.8, 4) is 5.75 Å². The highest BCUT2D eigenvalue weighted by atomic mass is 19.1. The first-order valence-corrected chi connectivity index (χ1v) is 6.51. The molecule has 0 amide bonds. The monoisotopic (exact) mass is 274 g/mol. The first-order valence-electron chi connectivity index (χ1n) is 6.51. The van der Waals surface area contributed by atoms with Crippen molar-refractivity contribution in [2.45, 2.75) is 19.6 Å². The predicted octanol–water partition coefficient (Wildman–Crippen LogP) is 1.71. The van der Waals surface area contributed by atoms with Crippen molar-refractivity contribution in [3.05, 3.63) is 63.8 Å². The highest BCUT2D eigenvalue weighted by Gasteiger charge is 2.16. The minimum atomic E-state index is -0.347. The average molecular weight is 274 g/mol. The van der Waals surface area contributed by atoms with E-state index in [1.54, 1.807) is 12.1 Å². The van der Waals surface area contributed by atoms with E-state index in [0.717, 1.165) is 30.9 Å². The molecule has 1 aliphatic heterocycles. The third kappa shape index (κ3) is 2.58. The number of halogens is 1. The molecule has 1 aromatic heterocycles. The van der Waals surface area contributed by atoms with Gasteiger partial charge in [0.2, 0.25) is 5.43 Å². The Labute approximate surface area is 115 Å². The number of pyridine rings is 1. The summed E-state index contributed by atoms with van der Waals surface area (Å²) in [7, 11) is 0. The van der Waals surface area contributed by atoms with Crippen molar-refractivity contribution in [2.24, 2.45) is 0 Å². The standard InChI is InChI=1S/C15H15FN2O2/c16-12-3-1-11(2-4-12)8-17-5-6-18-10-15(20)14(19)7-13(18)9-17/h1-4,7,10,20H,5-6,8-9H2. The van der Waals surface area contributed by atoms with Gasteiger partial charge in [0.25, 0.3) is 0 Å². The van der Waals surface area contributed by atoms with Gasteiger partial charge in [-0.05, 0) is 17.7 Å². The van der Waals surface area contributed by atoms with Crippen LogP contribution in [0.3, 0.4) is 0 Å². The molecular weight excluding hydrogens is 259 g/mol. The average Bonchev–Trinajstić information content (AvgIpc) is 2.43. The zero-order valence-electron chi connectivity index (χ0n) is 10.9. The zero-order chi connectivity index (χ0) is 14.1. The van der Waals surface area contributed by atoms with E-state index in [1.165, 1.54) is 24.4 Å². The molecule has 2 heterocycles. The van der Waals surface area contributed by atoms with Gasteiger partial charge in [0.1, 0.15) is 5.82 Å². The summed E-state index contributed by atoms with van der Waals surface area (Å²) in [5.41, 5.74) is 1.59. The Balaban J connectivity index is 1.77. The van der Waals surface area contributed by atoms with E-state index in [-0.39, 0.29) is 17.0 Å². The summed E-state index contributed by atoms with van der Waals surface area (Å²) in [4.78, 5) is 13.7. The molecule has 3 rings (SSSR count). The van der Waals surface area contributed by atoms with Crippen LogP contribution in [0.25, 0.3) is 0 Å². The maximum absolute atomic E-state index is 12.9. The fourth-order valence-corrected chi connectivity index (χ4v) is 2.49. The number of aromatic nitrogens is 1. The molecule has 0 bridgehead atoms. The molecule has 1 aliphatic rings. The molecule has 0 unspecified atom stereocenters. The molecular formula is C15H15FN2O2. The van der Waals surface area contributed by atoms with Gasteiger partial charge in [-0.2, -0.15) is 0 Å². The van der Waals surface area contributed by atoms with Gasteiger partial charge in [-0.15, -0.1) is 0 Å². The molecule has 4 nitrogen and oxygen atoms in total. The lowest BCUT2D eigenvalue weighted by Crippen LogP contribution is -2.34. The van der Waals surface area contributed by atoms with Gasteiger partial charge in [0.15, 0.2) is 5.75 Å². The molecule has 0 aliphatic carbocycles. The minimum Gasteiger partial charge on any atom is -0.503 e. The quantitative estimate of drug-likeness (QED) is 0.906. The lowest BCUT2D eigenvalue weighted by atomic mass is 10.1. The van der Waals surface area contributed by atoms with E-state index in [1.807, 2.05) is 4.57 Å². The summed E-state index contributed by atoms with van der Waals surface area (Å²) >= 11 is 0. The molecule has 104 valence electrons. The Morgan fingerprint density at radius 2 is 1.95 bits per heavy atom. The Morgan fingerprint density at radius 1 is 1.20 bits per heavy atom. The van der Waals surface area contributed by atoms with Gasteiger partial charge in [-0.25, -0.2) is 4.39 Å². The van der Waals surface area contributed by atoms with Gasteiger partial charge in [0, 0.05) is 37.9 Å². The fourth-order valence-electron chi connectivity index (χ4n) is 2.49. The maximum Gasteiger partial charge on any atom is 0.223 e. The van der Waals surface area contributed by atoms with Crippen molar-refractivity contribution < 1.29 is 9.50 Å². The molecule has 1 N–H and O–H groups in total. The largest absolute Gasteiger partial charge is 0.503 e. The number of hydrogen-bond acceptors (Lipinski definition) is 3. The molecule has 0 atom stereocenters. The number of fused-ring (bicyclic) bond motifs is 1. The Kier molecular flexibility index (Phi) is 3.28. The molecule has 2 aromatic rings. The maximum atomic E-state index is 12.9. The van der Waals surface area contributed by atoms with Crippen LogP contribution in [-0.4, -0.2) is 21.1 Å². The topological polar surface area (TPSA) is 45.5 Å². The van der Waals surface area contributed by atoms with Crippen LogP contribution in [0, 0.1) is 5.82 Å². The molecule has 0 radical (unpaired) electrons. The van der Waals surface area contributed by atoms with Gasteiger partial charge in [0.05, 0.1) is 6.20 Å². The molecule has 0 spiro atoms. The molecule has 1 aromatic carbocycles. The number of benzene rings is 1. The van der Waals surface area contributed by atoms with Crippen LogP contribution in [0.15, 0.2) is 41.3 Å². The van der Waals surface area contributed by atoms with Crippen LogP contribution < -0.4 is 5.43 Å². The van der Waals surface area contributed by atoms with E-state index in [2.05, 4.69) is 4.90 Å². The molecule has 5 heteroatoms. The van der Waals surface area contributed by atoms with E-state index in [9.17, 15) is 14.3 Å². The Hall–Kier alpha value is -2.14. The summed E-state index contributed by atoms with van der Waals surface area (Å²) in [5.74, 6) is -0.444. The number of rotatable bonds is 2. The lowest BCUT2D eigenvalue weighted by Gasteiger charge is -2.30. The van der Waals surface area contributed by atoms with Gasteiger partial charge < -0.3 is 9.67 Å². The second kappa shape index (κ2) is 5.09.